The number of aromatic nitrogens is 2. The monoisotopic (exact) mass is 845 g/mol. The molecular weight excluding hydrogens is 787 g/mol. The smallest absolute Gasteiger partial charge is 0.263 e. The molecule has 1 unspecified atom stereocenters. The van der Waals surface area contributed by atoms with Crippen LogP contribution >= 0.6 is 0 Å². The highest BCUT2D eigenvalue weighted by atomic mass is 16.2. The van der Waals surface area contributed by atoms with Gasteiger partial charge in [0.15, 0.2) is 5.78 Å². The molecule has 1 saturated carbocycles. The van der Waals surface area contributed by atoms with Crippen LogP contribution in [0, 0.1) is 13.8 Å². The highest BCUT2D eigenvalue weighted by Crippen LogP contribution is 2.37. The predicted molar refractivity (Wildman–Crippen MR) is 241 cm³/mol. The molecule has 62 heavy (non-hydrogen) atoms. The molecule has 1 atom stereocenters. The molecule has 4 aliphatic rings. The molecule has 3 aliphatic heterocycles. The van der Waals surface area contributed by atoms with E-state index in [0.29, 0.717) is 72.7 Å². The molecule has 4 N–H and O–H groups in total. The summed E-state index contributed by atoms with van der Waals surface area (Å²) in [6.45, 7) is 11.8. The summed E-state index contributed by atoms with van der Waals surface area (Å²) in [7, 11) is 1.95. The number of carbonyl (C=O) groups is 4. The average molecular weight is 846 g/mol. The van der Waals surface area contributed by atoms with E-state index in [1.54, 1.807) is 41.1 Å². The molecule has 7 rings (SSSR count). The number of amides is 3. The third-order valence-corrected chi connectivity index (χ3v) is 12.4. The number of unbranched alkanes of at least 4 members (excludes halogenated alkanes) is 1. The lowest BCUT2D eigenvalue weighted by molar-refractivity contribution is -0.122. The topological polar surface area (TPSA) is 186 Å². The summed E-state index contributed by atoms with van der Waals surface area (Å²) in [5, 5.41) is 12.0. The Kier molecular flexibility index (Phi) is 13.8. The summed E-state index contributed by atoms with van der Waals surface area (Å²) in [5.74, 6) is 1.57. The van der Waals surface area contributed by atoms with Gasteiger partial charge in [-0.1, -0.05) is 31.0 Å². The van der Waals surface area contributed by atoms with Crippen molar-refractivity contribution in [1.82, 2.24) is 34.9 Å². The number of aliphatic imine (C=N–C) groups is 2. The number of hydrogen-bond donors (Lipinski definition) is 4. The lowest BCUT2D eigenvalue weighted by Gasteiger charge is -2.44. The normalized spacial score (nSPS) is 19.3. The van der Waals surface area contributed by atoms with E-state index in [0.717, 1.165) is 69.4 Å². The maximum atomic E-state index is 13.7. The molecular formula is C46H59N11O5. The van der Waals surface area contributed by atoms with Gasteiger partial charge >= 0.3 is 0 Å². The van der Waals surface area contributed by atoms with Gasteiger partial charge in [-0.05, 0) is 95.2 Å². The second-order valence-electron chi connectivity index (χ2n) is 17.1. The number of aryl methyl sites for hydroxylation is 1. The second-order valence-corrected chi connectivity index (χ2v) is 17.1. The Morgan fingerprint density at radius 2 is 1.69 bits per heavy atom. The van der Waals surface area contributed by atoms with Crippen molar-refractivity contribution in [1.29, 1.82) is 0 Å². The van der Waals surface area contributed by atoms with E-state index >= 15 is 0 Å². The lowest BCUT2D eigenvalue weighted by Crippen LogP contribution is -2.58. The van der Waals surface area contributed by atoms with Gasteiger partial charge in [-0.15, -0.1) is 0 Å². The van der Waals surface area contributed by atoms with Gasteiger partial charge in [-0.2, -0.15) is 4.99 Å². The van der Waals surface area contributed by atoms with Crippen LogP contribution in [0.15, 0.2) is 69.3 Å². The van der Waals surface area contributed by atoms with E-state index in [-0.39, 0.29) is 52.6 Å². The average Bonchev–Trinajstić information content (AvgIpc) is 3.78. The van der Waals surface area contributed by atoms with Gasteiger partial charge < -0.3 is 26.2 Å². The summed E-state index contributed by atoms with van der Waals surface area (Å²) in [5.41, 5.74) is 3.13. The molecule has 2 fully saturated rings. The van der Waals surface area contributed by atoms with Crippen molar-refractivity contribution >= 4 is 53.0 Å². The number of nitrogens with one attached hydrogen (secondary N) is 4. The molecule has 328 valence electrons. The fourth-order valence-corrected chi connectivity index (χ4v) is 8.76. The lowest BCUT2D eigenvalue weighted by atomic mass is 9.94. The van der Waals surface area contributed by atoms with E-state index in [2.05, 4.69) is 49.1 Å². The number of hydrogen-bond acceptors (Lipinski definition) is 12. The molecule has 3 aromatic rings. The largest absolute Gasteiger partial charge is 0.355 e. The number of Topliss-reactive ketones (excluding diaryl/α,β-unsaturated/α-hetero) is 1. The SMILES string of the molecule is CC(=O)c1c(C)c2c(n(C3CCCC3)c1=O)N=C(NC1=CCC(C)(N3CCN(CC(=O)NCCCCC(=O)Nc4ccccc4C(=O)Nc4ccc(C)cn4)CC3)C=N1)N(C)C2. The Morgan fingerprint density at radius 1 is 0.935 bits per heavy atom. The van der Waals surface area contributed by atoms with Crippen molar-refractivity contribution in [2.24, 2.45) is 9.98 Å². The number of fused-ring (bicyclic) bond motifs is 1. The Balaban J connectivity index is 0.832. The molecule has 1 saturated heterocycles. The molecule has 16 heteroatoms. The molecule has 5 heterocycles. The maximum Gasteiger partial charge on any atom is 0.263 e. The molecule has 0 radical (unpaired) electrons. The number of guanidine groups is 1. The minimum atomic E-state index is -0.360. The van der Waals surface area contributed by atoms with Crippen molar-refractivity contribution in [2.45, 2.75) is 97.2 Å². The number of ketones is 1. The van der Waals surface area contributed by atoms with Crippen molar-refractivity contribution in [3.8, 4) is 0 Å². The van der Waals surface area contributed by atoms with Crippen LogP contribution in [-0.4, -0.2) is 112 Å². The Labute approximate surface area is 363 Å². The molecule has 1 aliphatic carbocycles. The number of anilines is 2. The van der Waals surface area contributed by atoms with Gasteiger partial charge in [-0.25, -0.2) is 9.98 Å². The molecule has 1 aromatic carbocycles. The first kappa shape index (κ1) is 44.1. The van der Waals surface area contributed by atoms with Gasteiger partial charge in [0, 0.05) is 76.8 Å². The second kappa shape index (κ2) is 19.4. The molecule has 16 nitrogen and oxygen atoms in total. The van der Waals surface area contributed by atoms with E-state index in [9.17, 15) is 24.0 Å². The van der Waals surface area contributed by atoms with Gasteiger partial charge in [-0.3, -0.25) is 38.3 Å². The van der Waals surface area contributed by atoms with E-state index in [1.165, 1.54) is 6.92 Å². The van der Waals surface area contributed by atoms with Crippen LogP contribution in [-0.2, 0) is 16.1 Å². The number of carbonyl (C=O) groups excluding carboxylic acids is 4. The Bertz CT molecular complexity index is 2340. The van der Waals surface area contributed by atoms with Crippen LogP contribution in [0.3, 0.4) is 0 Å². The van der Waals surface area contributed by atoms with Crippen LogP contribution in [0.1, 0.15) is 109 Å². The van der Waals surface area contributed by atoms with Crippen LogP contribution < -0.4 is 26.8 Å². The van der Waals surface area contributed by atoms with Crippen LogP contribution in [0.4, 0.5) is 17.3 Å². The summed E-state index contributed by atoms with van der Waals surface area (Å²) >= 11 is 0. The highest BCUT2D eigenvalue weighted by Gasteiger charge is 2.35. The fraction of sp³-hybridized carbons (Fsp3) is 0.478. The zero-order chi connectivity index (χ0) is 44.0. The van der Waals surface area contributed by atoms with Gasteiger partial charge in [0.1, 0.15) is 17.5 Å². The van der Waals surface area contributed by atoms with E-state index < -0.39 is 0 Å². The zero-order valence-electron chi connectivity index (χ0n) is 36.6. The van der Waals surface area contributed by atoms with Gasteiger partial charge in [0.2, 0.25) is 17.8 Å². The molecule has 0 bridgehead atoms. The third kappa shape index (κ3) is 10.2. The number of pyridine rings is 2. The maximum absolute atomic E-state index is 13.7. The summed E-state index contributed by atoms with van der Waals surface area (Å²) < 4.78 is 1.78. The van der Waals surface area contributed by atoms with Crippen LogP contribution in [0.2, 0.25) is 0 Å². The summed E-state index contributed by atoms with van der Waals surface area (Å²) in [6, 6.07) is 10.5. The summed E-state index contributed by atoms with van der Waals surface area (Å²) in [4.78, 5) is 85.4. The number of rotatable bonds is 14. The van der Waals surface area contributed by atoms with Crippen molar-refractivity contribution in [3.63, 3.8) is 0 Å². The highest BCUT2D eigenvalue weighted by molar-refractivity contribution is 6.09. The van der Waals surface area contributed by atoms with E-state index in [4.69, 9.17) is 9.98 Å². The molecule has 2 aromatic heterocycles. The standard InChI is InChI=1S/C46H59N11O5/c1-30-17-18-37(48-26-30)51-43(61)34-14-8-9-15-36(34)50-39(59)16-10-11-21-47-40(60)28-55-22-24-56(25-23-55)46(4)20-19-38(49-29-46)52-45-53-42-35(27-54(45)5)31(2)41(32(3)58)44(62)57(42)33-12-6-7-13-33/h8-9,14-15,17-19,26,29,33H,6-7,10-13,16,20-25,27-28H2,1-5H3,(H,47,60)(H,50,59)(H,52,53)(H,48,51,61). The van der Waals surface area contributed by atoms with E-state index in [1.807, 2.05) is 38.1 Å². The molecule has 3 amide bonds. The minimum absolute atomic E-state index is 0.0335. The fourth-order valence-electron chi connectivity index (χ4n) is 8.76. The van der Waals surface area contributed by atoms with Gasteiger partial charge in [0.05, 0.1) is 28.9 Å². The van der Waals surface area contributed by atoms with Gasteiger partial charge in [0.25, 0.3) is 11.5 Å². The third-order valence-electron chi connectivity index (χ3n) is 12.4. The number of para-hydroxylation sites is 1. The first-order valence-electron chi connectivity index (χ1n) is 21.8. The molecule has 0 spiro atoms. The number of nitrogens with zero attached hydrogens (tertiary/aromatic N) is 7. The Morgan fingerprint density at radius 3 is 2.39 bits per heavy atom. The number of benzene rings is 1. The van der Waals surface area contributed by atoms with Crippen molar-refractivity contribution < 1.29 is 19.2 Å². The zero-order valence-corrected chi connectivity index (χ0v) is 36.6. The predicted octanol–water partition coefficient (Wildman–Crippen LogP) is 5.07. The van der Waals surface area contributed by atoms with Crippen LogP contribution in [0.25, 0.3) is 0 Å². The number of piperazine rings is 1. The first-order chi connectivity index (χ1) is 29.8. The van der Waals surface area contributed by atoms with Crippen LogP contribution in [0.5, 0.6) is 0 Å². The quantitative estimate of drug-likeness (QED) is 0.126. The minimum Gasteiger partial charge on any atom is -0.355 e. The summed E-state index contributed by atoms with van der Waals surface area (Å²) in [6.07, 6.45) is 11.9. The van der Waals surface area contributed by atoms with Crippen molar-refractivity contribution in [3.05, 3.63) is 92.7 Å². The first-order valence-corrected chi connectivity index (χ1v) is 21.8. The Hall–Kier alpha value is -6.00. The van der Waals surface area contributed by atoms with Crippen molar-refractivity contribution in [2.75, 3.05) is 56.9 Å².